The minimum absolute atomic E-state index is 0.00590. The number of rotatable bonds is 1. The van der Waals surface area contributed by atoms with Crippen molar-refractivity contribution in [3.63, 3.8) is 0 Å². The van der Waals surface area contributed by atoms with Gasteiger partial charge in [0.2, 0.25) is 0 Å². The molecule has 5 nitrogen and oxygen atoms in total. The van der Waals surface area contributed by atoms with E-state index >= 15 is 0 Å². The summed E-state index contributed by atoms with van der Waals surface area (Å²) in [6, 6.07) is 0.157. The van der Waals surface area contributed by atoms with E-state index in [-0.39, 0.29) is 29.5 Å². The minimum Gasteiger partial charge on any atom is -0.356 e. The van der Waals surface area contributed by atoms with Gasteiger partial charge in [0.25, 0.3) is 5.91 Å². The fraction of sp³-hybridized carbons (Fsp3) is 0.625. The second-order valence-electron chi connectivity index (χ2n) is 6.37. The Morgan fingerprint density at radius 1 is 1.33 bits per heavy atom. The Balaban J connectivity index is 2.16. The standard InChI is InChI=1S/C16H22N2O3/c1-9(2)12-7-17-8-13-18(10(3)5-6-21-13)16(20)14(17)11(4)15(12)19/h7,9-10,13H,5-6,8H2,1-4H3/t10-,13+/m0/s1. The second kappa shape index (κ2) is 4.98. The molecule has 2 atom stereocenters. The Morgan fingerprint density at radius 3 is 2.71 bits per heavy atom. The summed E-state index contributed by atoms with van der Waals surface area (Å²) in [7, 11) is 0. The average molecular weight is 290 g/mol. The van der Waals surface area contributed by atoms with E-state index < -0.39 is 0 Å². The second-order valence-corrected chi connectivity index (χ2v) is 6.37. The van der Waals surface area contributed by atoms with Gasteiger partial charge >= 0.3 is 0 Å². The van der Waals surface area contributed by atoms with E-state index in [1.165, 1.54) is 0 Å². The van der Waals surface area contributed by atoms with Crippen LogP contribution in [0.2, 0.25) is 0 Å². The average Bonchev–Trinajstić information content (AvgIpc) is 2.42. The van der Waals surface area contributed by atoms with Crippen LogP contribution in [0.3, 0.4) is 0 Å². The summed E-state index contributed by atoms with van der Waals surface area (Å²) in [5, 5.41) is 0. The molecule has 114 valence electrons. The van der Waals surface area contributed by atoms with E-state index in [4.69, 9.17) is 4.74 Å². The molecule has 0 bridgehead atoms. The summed E-state index contributed by atoms with van der Waals surface area (Å²) in [6.07, 6.45) is 2.47. The zero-order valence-corrected chi connectivity index (χ0v) is 13.0. The van der Waals surface area contributed by atoms with Crippen molar-refractivity contribution in [1.29, 1.82) is 0 Å². The van der Waals surface area contributed by atoms with Crippen LogP contribution in [0.1, 0.15) is 54.7 Å². The van der Waals surface area contributed by atoms with Crippen LogP contribution in [0.25, 0.3) is 0 Å². The van der Waals surface area contributed by atoms with Gasteiger partial charge < -0.3 is 14.2 Å². The van der Waals surface area contributed by atoms with Crippen molar-refractivity contribution >= 4 is 5.91 Å². The van der Waals surface area contributed by atoms with Crippen LogP contribution in [0.4, 0.5) is 0 Å². The molecule has 1 fully saturated rings. The summed E-state index contributed by atoms with van der Waals surface area (Å²) in [5.41, 5.74) is 1.84. The van der Waals surface area contributed by atoms with Gasteiger partial charge in [0.1, 0.15) is 5.69 Å². The lowest BCUT2D eigenvalue weighted by atomic mass is 9.99. The van der Waals surface area contributed by atoms with Crippen molar-refractivity contribution in [2.45, 2.75) is 58.8 Å². The molecule has 1 aromatic rings. The molecule has 0 aromatic carbocycles. The van der Waals surface area contributed by atoms with E-state index in [1.807, 2.05) is 31.5 Å². The lowest BCUT2D eigenvalue weighted by Gasteiger charge is -2.44. The minimum atomic E-state index is -0.212. The molecule has 2 aliphatic rings. The maximum Gasteiger partial charge on any atom is 0.273 e. The van der Waals surface area contributed by atoms with Crippen LogP contribution in [0.15, 0.2) is 11.0 Å². The third-order valence-electron chi connectivity index (χ3n) is 4.58. The molecule has 1 saturated heterocycles. The third kappa shape index (κ3) is 2.11. The Morgan fingerprint density at radius 2 is 2.05 bits per heavy atom. The first-order chi connectivity index (χ1) is 9.91. The molecule has 0 aliphatic carbocycles. The van der Waals surface area contributed by atoms with E-state index in [9.17, 15) is 9.59 Å². The smallest absolute Gasteiger partial charge is 0.273 e. The maximum absolute atomic E-state index is 12.8. The first kappa shape index (κ1) is 14.3. The number of carbonyl (C=O) groups is 1. The van der Waals surface area contributed by atoms with Crippen molar-refractivity contribution in [2.75, 3.05) is 6.61 Å². The van der Waals surface area contributed by atoms with E-state index in [0.717, 1.165) is 12.0 Å². The molecule has 5 heteroatoms. The Hall–Kier alpha value is -1.62. The summed E-state index contributed by atoms with van der Waals surface area (Å²) in [4.78, 5) is 27.0. The molecule has 21 heavy (non-hydrogen) atoms. The molecule has 0 N–H and O–H groups in total. The lowest BCUT2D eigenvalue weighted by molar-refractivity contribution is -0.112. The number of nitrogens with zero attached hydrogens (tertiary/aromatic N) is 2. The number of pyridine rings is 1. The normalized spacial score (nSPS) is 25.0. The zero-order chi connectivity index (χ0) is 15.3. The van der Waals surface area contributed by atoms with E-state index in [2.05, 4.69) is 0 Å². The molecule has 0 radical (unpaired) electrons. The molecule has 1 aromatic heterocycles. The van der Waals surface area contributed by atoms with Gasteiger partial charge in [-0.1, -0.05) is 13.8 Å². The Kier molecular flexibility index (Phi) is 3.40. The van der Waals surface area contributed by atoms with E-state index in [1.54, 1.807) is 11.8 Å². The van der Waals surface area contributed by atoms with Gasteiger partial charge in [-0.25, -0.2) is 0 Å². The third-order valence-corrected chi connectivity index (χ3v) is 4.58. The van der Waals surface area contributed by atoms with Crippen LogP contribution in [0, 0.1) is 6.92 Å². The van der Waals surface area contributed by atoms with Crippen molar-refractivity contribution < 1.29 is 9.53 Å². The fourth-order valence-corrected chi connectivity index (χ4v) is 3.31. The van der Waals surface area contributed by atoms with Crippen molar-refractivity contribution in [3.05, 3.63) is 33.2 Å². The van der Waals surface area contributed by atoms with Crippen molar-refractivity contribution in [1.82, 2.24) is 9.47 Å². The monoisotopic (exact) mass is 290 g/mol. The Bertz CT molecular complexity index is 648. The molecule has 3 rings (SSSR count). The van der Waals surface area contributed by atoms with Gasteiger partial charge in [-0.2, -0.15) is 0 Å². The number of ether oxygens (including phenoxy) is 1. The highest BCUT2D eigenvalue weighted by molar-refractivity contribution is 5.95. The predicted molar refractivity (Wildman–Crippen MR) is 79.5 cm³/mol. The first-order valence-corrected chi connectivity index (χ1v) is 7.60. The number of aromatic nitrogens is 1. The van der Waals surface area contributed by atoms with Gasteiger partial charge in [0, 0.05) is 23.4 Å². The van der Waals surface area contributed by atoms with Gasteiger partial charge in [-0.3, -0.25) is 9.59 Å². The van der Waals surface area contributed by atoms with Crippen molar-refractivity contribution in [3.8, 4) is 0 Å². The number of fused-ring (bicyclic) bond motifs is 2. The summed E-state index contributed by atoms with van der Waals surface area (Å²) in [5.74, 6) is 0.0664. The highest BCUT2D eigenvalue weighted by Crippen LogP contribution is 2.27. The number of amides is 1. The highest BCUT2D eigenvalue weighted by atomic mass is 16.5. The number of hydrogen-bond acceptors (Lipinski definition) is 3. The molecule has 0 spiro atoms. The summed E-state index contributed by atoms with van der Waals surface area (Å²) < 4.78 is 7.67. The van der Waals surface area contributed by atoms with Gasteiger partial charge in [-0.15, -0.1) is 0 Å². The molecule has 2 aliphatic heterocycles. The zero-order valence-electron chi connectivity index (χ0n) is 13.0. The highest BCUT2D eigenvalue weighted by Gasteiger charge is 2.39. The first-order valence-electron chi connectivity index (χ1n) is 7.60. The molecular weight excluding hydrogens is 268 g/mol. The number of carbonyl (C=O) groups excluding carboxylic acids is 1. The van der Waals surface area contributed by atoms with Crippen molar-refractivity contribution in [2.24, 2.45) is 0 Å². The quantitative estimate of drug-likeness (QED) is 0.793. The molecule has 0 saturated carbocycles. The largest absolute Gasteiger partial charge is 0.356 e. The fourth-order valence-electron chi connectivity index (χ4n) is 3.31. The van der Waals surface area contributed by atoms with Gasteiger partial charge in [0.15, 0.2) is 11.7 Å². The number of hydrogen-bond donors (Lipinski definition) is 0. The molecular formula is C16H22N2O3. The van der Waals surface area contributed by atoms with Crippen LogP contribution < -0.4 is 5.43 Å². The summed E-state index contributed by atoms with van der Waals surface area (Å²) in [6.45, 7) is 9.08. The van der Waals surface area contributed by atoms with Gasteiger partial charge in [-0.05, 0) is 26.2 Å². The predicted octanol–water partition coefficient (Wildman–Crippen LogP) is 1.87. The van der Waals surface area contributed by atoms with Crippen LogP contribution in [0.5, 0.6) is 0 Å². The topological polar surface area (TPSA) is 51.5 Å². The SMILES string of the molecule is Cc1c2n(cc(C(C)C)c1=O)C[C@H]1OCC[C@H](C)N1C2=O. The van der Waals surface area contributed by atoms with E-state index in [0.29, 0.717) is 24.4 Å². The maximum atomic E-state index is 12.8. The Labute approximate surface area is 124 Å². The molecule has 1 amide bonds. The van der Waals surface area contributed by atoms with Gasteiger partial charge in [0.05, 0.1) is 13.2 Å². The molecule has 0 unspecified atom stereocenters. The van der Waals surface area contributed by atoms with Crippen LogP contribution in [-0.2, 0) is 11.3 Å². The van der Waals surface area contributed by atoms with Crippen LogP contribution >= 0.6 is 0 Å². The van der Waals surface area contributed by atoms with Crippen LogP contribution in [-0.4, -0.2) is 34.3 Å². The lowest BCUT2D eigenvalue weighted by Crippen LogP contribution is -2.57. The molecule has 3 heterocycles. The summed E-state index contributed by atoms with van der Waals surface area (Å²) >= 11 is 0.